The van der Waals surface area contributed by atoms with Crippen LogP contribution in [0.4, 0.5) is 26.3 Å². The van der Waals surface area contributed by atoms with Crippen molar-refractivity contribution in [2.75, 3.05) is 6.61 Å². The van der Waals surface area contributed by atoms with Crippen LogP contribution >= 0.6 is 0 Å². The molecule has 1 unspecified atom stereocenters. The van der Waals surface area contributed by atoms with E-state index < -0.39 is 48.8 Å². The summed E-state index contributed by atoms with van der Waals surface area (Å²) in [6.45, 7) is 2.45. The number of ether oxygens (including phenoxy) is 1. The third kappa shape index (κ3) is 1.60. The van der Waals surface area contributed by atoms with Crippen molar-refractivity contribution in [1.82, 2.24) is 5.32 Å². The molecule has 3 nitrogen and oxygen atoms in total. The monoisotopic (exact) mass is 289 g/mol. The highest BCUT2D eigenvalue weighted by atomic mass is 19.3. The molecular weight excluding hydrogens is 280 g/mol. The average molecular weight is 289 g/mol. The number of rotatable bonds is 0. The molecule has 0 aromatic carbocycles. The molecule has 2 aliphatic rings. The number of carbonyl (C=O) groups excluding carboxylic acids is 1. The van der Waals surface area contributed by atoms with Crippen LogP contribution in [-0.4, -0.2) is 36.0 Å². The number of hydrogen-bond acceptors (Lipinski definition) is 2. The van der Waals surface area contributed by atoms with Crippen molar-refractivity contribution in [3.05, 3.63) is 12.2 Å². The summed E-state index contributed by atoms with van der Waals surface area (Å²) in [6.07, 6.45) is -2.65. The van der Waals surface area contributed by atoms with E-state index in [-0.39, 0.29) is 5.57 Å². The van der Waals surface area contributed by atoms with Crippen LogP contribution in [0.2, 0.25) is 0 Å². The lowest BCUT2D eigenvalue weighted by atomic mass is 9.81. The molecule has 0 aromatic heterocycles. The van der Waals surface area contributed by atoms with Crippen LogP contribution in [0.1, 0.15) is 12.8 Å². The predicted molar refractivity (Wildman–Crippen MR) is 50.0 cm³/mol. The van der Waals surface area contributed by atoms with E-state index in [1.165, 1.54) is 0 Å². The molecule has 1 amide bonds. The van der Waals surface area contributed by atoms with E-state index in [1.54, 1.807) is 5.32 Å². The van der Waals surface area contributed by atoms with Crippen LogP contribution in [-0.2, 0) is 9.53 Å². The van der Waals surface area contributed by atoms with Gasteiger partial charge in [0.25, 0.3) is 5.91 Å². The van der Waals surface area contributed by atoms with E-state index in [9.17, 15) is 31.1 Å². The second kappa shape index (κ2) is 3.65. The highest BCUT2D eigenvalue weighted by molar-refractivity contribution is 5.94. The normalized spacial score (nSPS) is 36.1. The highest BCUT2D eigenvalue weighted by Gasteiger charge is 2.82. The first kappa shape index (κ1) is 14.2. The quantitative estimate of drug-likeness (QED) is 0.548. The summed E-state index contributed by atoms with van der Waals surface area (Å²) in [4.78, 5) is 11.3. The molecule has 0 bridgehead atoms. The van der Waals surface area contributed by atoms with Crippen LogP contribution in [0, 0.1) is 0 Å². The van der Waals surface area contributed by atoms with Crippen LogP contribution in [0.3, 0.4) is 0 Å². The number of alkyl halides is 6. The Hall–Kier alpha value is -1.25. The van der Waals surface area contributed by atoms with Gasteiger partial charge in [-0.2, -0.15) is 26.3 Å². The summed E-state index contributed by atoms with van der Waals surface area (Å²) < 4.78 is 84.4. The van der Waals surface area contributed by atoms with Crippen molar-refractivity contribution in [3.63, 3.8) is 0 Å². The second-order valence-electron chi connectivity index (χ2n) is 4.53. The third-order valence-corrected chi connectivity index (χ3v) is 3.28. The summed E-state index contributed by atoms with van der Waals surface area (Å²) in [5.41, 5.74) is -3.38. The summed E-state index contributed by atoms with van der Waals surface area (Å²) in [5, 5.41) is 1.54. The minimum absolute atomic E-state index is 0.248. The maximum atomic E-state index is 13.7. The van der Waals surface area contributed by atoms with Crippen LogP contribution in [0.15, 0.2) is 12.2 Å². The van der Waals surface area contributed by atoms with Crippen molar-refractivity contribution in [3.8, 4) is 0 Å². The molecule has 1 saturated carbocycles. The molecule has 108 valence electrons. The van der Waals surface area contributed by atoms with Gasteiger partial charge in [0, 0.05) is 18.4 Å². The van der Waals surface area contributed by atoms with Gasteiger partial charge in [-0.25, -0.2) is 0 Å². The van der Waals surface area contributed by atoms with Gasteiger partial charge in [0.2, 0.25) is 5.72 Å². The summed E-state index contributed by atoms with van der Waals surface area (Å²) in [5.74, 6) is -16.8. The molecule has 2 rings (SSSR count). The Bertz CT molecular complexity index is 449. The highest BCUT2D eigenvalue weighted by Crippen LogP contribution is 2.58. The SMILES string of the molecule is C=C1COC2(CCC(F)(F)C(F)(F)C2(F)F)NC1=O. The Labute approximate surface area is 103 Å². The van der Waals surface area contributed by atoms with Gasteiger partial charge in [-0.15, -0.1) is 0 Å². The van der Waals surface area contributed by atoms with Gasteiger partial charge in [-0.3, -0.25) is 4.79 Å². The molecule has 0 radical (unpaired) electrons. The van der Waals surface area contributed by atoms with Crippen molar-refractivity contribution in [1.29, 1.82) is 0 Å². The first-order valence-corrected chi connectivity index (χ1v) is 5.25. The number of nitrogens with one attached hydrogen (secondary N) is 1. The maximum Gasteiger partial charge on any atom is 0.376 e. The zero-order valence-corrected chi connectivity index (χ0v) is 9.41. The summed E-state index contributed by atoms with van der Waals surface area (Å²) >= 11 is 0. The Balaban J connectivity index is 2.44. The standard InChI is InChI=1S/C10H9F6NO2/c1-5-4-19-8(17-6(5)18)3-2-7(11,12)9(13,14)10(8,15)16/h1-4H2,(H,17,18). The Kier molecular flexibility index (Phi) is 2.72. The molecular formula is C10H9F6NO2. The lowest BCUT2D eigenvalue weighted by Crippen LogP contribution is -2.76. The number of hydrogen-bond donors (Lipinski definition) is 1. The minimum atomic E-state index is -5.62. The molecule has 1 atom stereocenters. The average Bonchev–Trinajstić information content (AvgIpc) is 2.29. The smallest absolute Gasteiger partial charge is 0.345 e. The van der Waals surface area contributed by atoms with E-state index in [1.807, 2.05) is 0 Å². The Morgan fingerprint density at radius 3 is 2.16 bits per heavy atom. The van der Waals surface area contributed by atoms with Crippen molar-refractivity contribution >= 4 is 5.91 Å². The molecule has 1 spiro atoms. The first-order chi connectivity index (χ1) is 8.47. The van der Waals surface area contributed by atoms with Gasteiger partial charge >= 0.3 is 17.8 Å². The second-order valence-corrected chi connectivity index (χ2v) is 4.53. The van der Waals surface area contributed by atoms with Gasteiger partial charge in [0.15, 0.2) is 0 Å². The van der Waals surface area contributed by atoms with Crippen LogP contribution in [0.25, 0.3) is 0 Å². The van der Waals surface area contributed by atoms with Crippen molar-refractivity contribution < 1.29 is 35.9 Å². The van der Waals surface area contributed by atoms with Gasteiger partial charge in [-0.1, -0.05) is 6.58 Å². The molecule has 1 aliphatic heterocycles. The zero-order chi connectivity index (χ0) is 14.7. The van der Waals surface area contributed by atoms with E-state index in [2.05, 4.69) is 11.3 Å². The zero-order valence-electron chi connectivity index (χ0n) is 9.41. The fraction of sp³-hybridized carbons (Fsp3) is 0.700. The van der Waals surface area contributed by atoms with Crippen molar-refractivity contribution in [2.45, 2.75) is 36.3 Å². The molecule has 9 heteroatoms. The Morgan fingerprint density at radius 2 is 1.63 bits per heavy atom. The van der Waals surface area contributed by atoms with Crippen LogP contribution in [0.5, 0.6) is 0 Å². The fourth-order valence-corrected chi connectivity index (χ4v) is 2.02. The van der Waals surface area contributed by atoms with Gasteiger partial charge in [-0.05, 0) is 0 Å². The maximum absolute atomic E-state index is 13.7. The van der Waals surface area contributed by atoms with E-state index in [4.69, 9.17) is 0 Å². The van der Waals surface area contributed by atoms with E-state index >= 15 is 0 Å². The van der Waals surface area contributed by atoms with Crippen molar-refractivity contribution in [2.24, 2.45) is 0 Å². The molecule has 2 fully saturated rings. The lowest BCUT2D eigenvalue weighted by Gasteiger charge is -2.50. The number of amides is 1. The van der Waals surface area contributed by atoms with Gasteiger partial charge in [0.1, 0.15) is 0 Å². The molecule has 19 heavy (non-hydrogen) atoms. The number of carbonyl (C=O) groups is 1. The van der Waals surface area contributed by atoms with E-state index in [0.29, 0.717) is 0 Å². The topological polar surface area (TPSA) is 38.3 Å². The molecule has 1 saturated heterocycles. The number of halogens is 6. The molecule has 1 aliphatic carbocycles. The molecule has 1 heterocycles. The molecule has 0 aromatic rings. The largest absolute Gasteiger partial charge is 0.376 e. The predicted octanol–water partition coefficient (Wildman–Crippen LogP) is 2.08. The fourth-order valence-electron chi connectivity index (χ4n) is 2.02. The summed E-state index contributed by atoms with van der Waals surface area (Å²) in [6, 6.07) is 0. The van der Waals surface area contributed by atoms with Crippen LogP contribution < -0.4 is 5.32 Å². The minimum Gasteiger partial charge on any atom is -0.345 e. The van der Waals surface area contributed by atoms with Gasteiger partial charge < -0.3 is 10.1 Å². The first-order valence-electron chi connectivity index (χ1n) is 5.25. The van der Waals surface area contributed by atoms with E-state index in [0.717, 1.165) is 0 Å². The molecule has 1 N–H and O–H groups in total. The lowest BCUT2D eigenvalue weighted by molar-refractivity contribution is -0.392. The van der Waals surface area contributed by atoms with Gasteiger partial charge in [0.05, 0.1) is 6.61 Å². The summed E-state index contributed by atoms with van der Waals surface area (Å²) in [7, 11) is 0. The third-order valence-electron chi connectivity index (χ3n) is 3.28. The Morgan fingerprint density at radius 1 is 1.05 bits per heavy atom.